The second-order valence-corrected chi connectivity index (χ2v) is 8.13. The molecule has 7 heteroatoms. The summed E-state index contributed by atoms with van der Waals surface area (Å²) in [4.78, 5) is 12.2. The summed E-state index contributed by atoms with van der Waals surface area (Å²) in [6, 6.07) is 13.1. The van der Waals surface area contributed by atoms with E-state index in [9.17, 15) is 13.2 Å². The smallest absolute Gasteiger partial charge is 0.241 e. The van der Waals surface area contributed by atoms with Gasteiger partial charge in [-0.2, -0.15) is 4.72 Å². The van der Waals surface area contributed by atoms with Crippen LogP contribution in [-0.2, 0) is 21.4 Å². The highest BCUT2D eigenvalue weighted by atomic mass is 79.9. The lowest BCUT2D eigenvalue weighted by atomic mass is 10.1. The van der Waals surface area contributed by atoms with Crippen LogP contribution < -0.4 is 10.0 Å². The monoisotopic (exact) mass is 410 g/mol. The van der Waals surface area contributed by atoms with E-state index in [1.54, 1.807) is 12.1 Å². The van der Waals surface area contributed by atoms with Crippen LogP contribution >= 0.6 is 15.9 Å². The summed E-state index contributed by atoms with van der Waals surface area (Å²) in [7, 11) is -3.74. The van der Waals surface area contributed by atoms with Crippen molar-refractivity contribution in [3.8, 4) is 0 Å². The third kappa shape index (κ3) is 5.15. The van der Waals surface area contributed by atoms with Gasteiger partial charge < -0.3 is 5.32 Å². The van der Waals surface area contributed by atoms with Crippen LogP contribution in [0, 0.1) is 6.92 Å². The zero-order valence-corrected chi connectivity index (χ0v) is 15.8. The number of rotatable bonds is 6. The van der Waals surface area contributed by atoms with Crippen LogP contribution in [0.5, 0.6) is 0 Å². The zero-order chi connectivity index (χ0) is 17.7. The standard InChI is InChI=1S/C17H19BrN2O3S/c1-12-3-5-14(6-4-12)11-19-17(21)13(2)20-24(22,23)16-9-7-15(18)8-10-16/h3-10,13,20H,11H2,1-2H3,(H,19,21)/t13-/m0/s1. The first kappa shape index (κ1) is 18.6. The fraction of sp³-hybridized carbons (Fsp3) is 0.235. The Bertz CT molecular complexity index is 803. The summed E-state index contributed by atoms with van der Waals surface area (Å²) in [6.07, 6.45) is 0. The molecule has 0 spiro atoms. The number of carbonyl (C=O) groups excluding carboxylic acids is 1. The van der Waals surface area contributed by atoms with Gasteiger partial charge in [0.2, 0.25) is 15.9 Å². The van der Waals surface area contributed by atoms with Crippen molar-refractivity contribution in [2.24, 2.45) is 0 Å². The number of benzene rings is 2. The van der Waals surface area contributed by atoms with Crippen LogP contribution in [0.15, 0.2) is 57.9 Å². The second-order valence-electron chi connectivity index (χ2n) is 5.50. The third-order valence-electron chi connectivity index (χ3n) is 3.44. The number of nitrogens with one attached hydrogen (secondary N) is 2. The summed E-state index contributed by atoms with van der Waals surface area (Å²) in [5.74, 6) is -0.378. The largest absolute Gasteiger partial charge is 0.351 e. The summed E-state index contributed by atoms with van der Waals surface area (Å²) in [5.41, 5.74) is 2.10. The number of hydrogen-bond donors (Lipinski definition) is 2. The zero-order valence-electron chi connectivity index (χ0n) is 13.4. The Hall–Kier alpha value is -1.70. The molecule has 2 N–H and O–H groups in total. The molecule has 0 radical (unpaired) electrons. The van der Waals surface area contributed by atoms with Gasteiger partial charge in [-0.3, -0.25) is 4.79 Å². The van der Waals surface area contributed by atoms with Gasteiger partial charge in [0, 0.05) is 11.0 Å². The van der Waals surface area contributed by atoms with Crippen LogP contribution in [0.1, 0.15) is 18.1 Å². The van der Waals surface area contributed by atoms with E-state index in [0.717, 1.165) is 15.6 Å². The van der Waals surface area contributed by atoms with E-state index in [0.29, 0.717) is 6.54 Å². The molecule has 0 bridgehead atoms. The molecule has 0 fully saturated rings. The Labute approximate surface area is 150 Å². The molecule has 128 valence electrons. The topological polar surface area (TPSA) is 75.3 Å². The molecule has 0 aliphatic heterocycles. The number of amides is 1. The predicted molar refractivity (Wildman–Crippen MR) is 97.0 cm³/mol. The van der Waals surface area contributed by atoms with Crippen molar-refractivity contribution >= 4 is 31.9 Å². The van der Waals surface area contributed by atoms with Crippen LogP contribution in [0.4, 0.5) is 0 Å². The number of hydrogen-bond acceptors (Lipinski definition) is 3. The average molecular weight is 411 g/mol. The maximum absolute atomic E-state index is 12.3. The summed E-state index contributed by atoms with van der Waals surface area (Å²) in [6.45, 7) is 3.85. The molecule has 0 saturated heterocycles. The van der Waals surface area contributed by atoms with E-state index in [-0.39, 0.29) is 10.8 Å². The van der Waals surface area contributed by atoms with E-state index in [2.05, 4.69) is 26.0 Å². The lowest BCUT2D eigenvalue weighted by Gasteiger charge is -2.14. The second kappa shape index (κ2) is 7.92. The van der Waals surface area contributed by atoms with Gasteiger partial charge >= 0.3 is 0 Å². The third-order valence-corrected chi connectivity index (χ3v) is 5.52. The van der Waals surface area contributed by atoms with Gasteiger partial charge in [0.1, 0.15) is 0 Å². The minimum absolute atomic E-state index is 0.115. The molecule has 1 atom stereocenters. The van der Waals surface area contributed by atoms with E-state index in [1.165, 1.54) is 19.1 Å². The van der Waals surface area contributed by atoms with E-state index >= 15 is 0 Å². The van der Waals surface area contributed by atoms with Crippen molar-refractivity contribution in [3.05, 3.63) is 64.1 Å². The summed E-state index contributed by atoms with van der Waals surface area (Å²) < 4.78 is 27.7. The lowest BCUT2D eigenvalue weighted by Crippen LogP contribution is -2.44. The molecular weight excluding hydrogens is 392 g/mol. The molecule has 1 amide bonds. The number of carbonyl (C=O) groups is 1. The minimum atomic E-state index is -3.74. The van der Waals surface area contributed by atoms with Gasteiger partial charge in [0.25, 0.3) is 0 Å². The first-order valence-electron chi connectivity index (χ1n) is 7.39. The minimum Gasteiger partial charge on any atom is -0.351 e. The van der Waals surface area contributed by atoms with Gasteiger partial charge in [0.05, 0.1) is 10.9 Å². The highest BCUT2D eigenvalue weighted by Gasteiger charge is 2.21. The molecule has 0 aliphatic carbocycles. The van der Waals surface area contributed by atoms with E-state index in [1.807, 2.05) is 31.2 Å². The number of aryl methyl sites for hydroxylation is 1. The van der Waals surface area contributed by atoms with Gasteiger partial charge in [-0.25, -0.2) is 8.42 Å². The first-order chi connectivity index (χ1) is 11.3. The molecule has 5 nitrogen and oxygen atoms in total. The number of sulfonamides is 1. The van der Waals surface area contributed by atoms with Crippen molar-refractivity contribution in [1.29, 1.82) is 0 Å². The SMILES string of the molecule is Cc1ccc(CNC(=O)[C@H](C)NS(=O)(=O)c2ccc(Br)cc2)cc1. The number of halogens is 1. The Balaban J connectivity index is 1.95. The van der Waals surface area contributed by atoms with Crippen molar-refractivity contribution < 1.29 is 13.2 Å². The fourth-order valence-corrected chi connectivity index (χ4v) is 3.48. The van der Waals surface area contributed by atoms with Gasteiger partial charge in [0.15, 0.2) is 0 Å². The first-order valence-corrected chi connectivity index (χ1v) is 9.67. The molecule has 0 unspecified atom stereocenters. The summed E-state index contributed by atoms with van der Waals surface area (Å²) >= 11 is 3.25. The highest BCUT2D eigenvalue weighted by molar-refractivity contribution is 9.10. The van der Waals surface area contributed by atoms with Crippen LogP contribution in [0.3, 0.4) is 0 Å². The van der Waals surface area contributed by atoms with Crippen molar-refractivity contribution in [1.82, 2.24) is 10.0 Å². The van der Waals surface area contributed by atoms with Gasteiger partial charge in [-0.1, -0.05) is 45.8 Å². The molecule has 0 saturated carbocycles. The van der Waals surface area contributed by atoms with Crippen molar-refractivity contribution in [2.75, 3.05) is 0 Å². The molecule has 0 heterocycles. The van der Waals surface area contributed by atoms with Crippen LogP contribution in [-0.4, -0.2) is 20.4 Å². The van der Waals surface area contributed by atoms with Crippen LogP contribution in [0.2, 0.25) is 0 Å². The normalized spacial score (nSPS) is 12.6. The highest BCUT2D eigenvalue weighted by Crippen LogP contribution is 2.14. The van der Waals surface area contributed by atoms with Gasteiger partial charge in [-0.15, -0.1) is 0 Å². The Kier molecular flexibility index (Phi) is 6.15. The molecule has 0 aromatic heterocycles. The quantitative estimate of drug-likeness (QED) is 0.768. The van der Waals surface area contributed by atoms with E-state index < -0.39 is 16.1 Å². The fourth-order valence-electron chi connectivity index (χ4n) is 2.02. The van der Waals surface area contributed by atoms with Crippen LogP contribution in [0.25, 0.3) is 0 Å². The maximum atomic E-state index is 12.3. The summed E-state index contributed by atoms with van der Waals surface area (Å²) in [5, 5.41) is 2.73. The van der Waals surface area contributed by atoms with E-state index in [4.69, 9.17) is 0 Å². The molecule has 2 rings (SSSR count). The Morgan fingerprint density at radius 1 is 1.08 bits per heavy atom. The predicted octanol–water partition coefficient (Wildman–Crippen LogP) is 2.74. The molecular formula is C17H19BrN2O3S. The maximum Gasteiger partial charge on any atom is 0.241 e. The molecule has 2 aromatic rings. The Morgan fingerprint density at radius 3 is 2.25 bits per heavy atom. The van der Waals surface area contributed by atoms with Gasteiger partial charge in [-0.05, 0) is 43.7 Å². The lowest BCUT2D eigenvalue weighted by molar-refractivity contribution is -0.122. The molecule has 0 aliphatic rings. The molecule has 24 heavy (non-hydrogen) atoms. The van der Waals surface area contributed by atoms with Crippen molar-refractivity contribution in [2.45, 2.75) is 31.3 Å². The Morgan fingerprint density at radius 2 is 1.67 bits per heavy atom. The average Bonchev–Trinajstić information content (AvgIpc) is 2.54. The molecule has 2 aromatic carbocycles. The van der Waals surface area contributed by atoms with Crippen molar-refractivity contribution in [3.63, 3.8) is 0 Å².